The van der Waals surface area contributed by atoms with Crippen LogP contribution >= 0.6 is 11.3 Å². The summed E-state index contributed by atoms with van der Waals surface area (Å²) in [7, 11) is 3.11. The molecule has 2 amide bonds. The number of carbonyl (C=O) groups excluding carboxylic acids is 1. The van der Waals surface area contributed by atoms with Gasteiger partial charge in [-0.05, 0) is 31.7 Å². The molecule has 3 rings (SSSR count). The number of rotatable bonds is 9. The minimum atomic E-state index is -0.296. The van der Waals surface area contributed by atoms with Gasteiger partial charge in [-0.2, -0.15) is 0 Å². The van der Waals surface area contributed by atoms with Gasteiger partial charge in [0.05, 0.1) is 31.4 Å². The van der Waals surface area contributed by atoms with Crippen molar-refractivity contribution in [2.24, 2.45) is 5.92 Å². The highest BCUT2D eigenvalue weighted by molar-refractivity contribution is 7.19. The Kier molecular flexibility index (Phi) is 6.46. The number of thiazole rings is 1. The lowest BCUT2D eigenvalue weighted by Crippen LogP contribution is -2.31. The van der Waals surface area contributed by atoms with Gasteiger partial charge in [-0.15, -0.1) is 0 Å². The molecule has 0 aliphatic heterocycles. The Morgan fingerprint density at radius 2 is 2.15 bits per heavy atom. The Hall–Kier alpha value is -2.39. The van der Waals surface area contributed by atoms with Crippen LogP contribution in [0.3, 0.4) is 0 Å². The number of aryl methyl sites for hydroxylation is 1. The topological polar surface area (TPSA) is 94.6 Å². The number of nitrogens with one attached hydrogen (secondary N) is 2. The molecule has 0 saturated heterocycles. The summed E-state index contributed by atoms with van der Waals surface area (Å²) in [6, 6.07) is 1.55. The van der Waals surface area contributed by atoms with Crippen molar-refractivity contribution in [1.29, 1.82) is 0 Å². The second-order valence-corrected chi connectivity index (χ2v) is 7.27. The third-order valence-corrected chi connectivity index (χ3v) is 5.22. The van der Waals surface area contributed by atoms with E-state index in [1.54, 1.807) is 20.4 Å². The van der Waals surface area contributed by atoms with Crippen LogP contribution in [0.2, 0.25) is 0 Å². The van der Waals surface area contributed by atoms with Crippen molar-refractivity contribution in [2.45, 2.75) is 19.8 Å². The molecule has 1 fully saturated rings. The van der Waals surface area contributed by atoms with E-state index < -0.39 is 0 Å². The van der Waals surface area contributed by atoms with Gasteiger partial charge in [0.25, 0.3) is 5.88 Å². The van der Waals surface area contributed by atoms with Crippen LogP contribution in [0.5, 0.6) is 11.6 Å². The van der Waals surface area contributed by atoms with Crippen molar-refractivity contribution in [2.75, 3.05) is 39.3 Å². The highest BCUT2D eigenvalue weighted by atomic mass is 32.1. The van der Waals surface area contributed by atoms with Gasteiger partial charge in [0, 0.05) is 24.9 Å². The maximum atomic E-state index is 12.0. The van der Waals surface area contributed by atoms with Crippen molar-refractivity contribution in [1.82, 2.24) is 15.3 Å². The maximum absolute atomic E-state index is 12.0. The number of aromatic nitrogens is 2. The molecule has 0 atom stereocenters. The number of pyridine rings is 1. The van der Waals surface area contributed by atoms with Crippen LogP contribution in [0.25, 0.3) is 10.4 Å². The molecular weight excluding hydrogens is 368 g/mol. The minimum Gasteiger partial charge on any atom is -0.491 e. The summed E-state index contributed by atoms with van der Waals surface area (Å²) in [6.45, 7) is 3.66. The van der Waals surface area contributed by atoms with E-state index in [-0.39, 0.29) is 6.03 Å². The fourth-order valence-corrected chi connectivity index (χ4v) is 3.43. The molecular formula is C18H24N4O4S. The lowest BCUT2D eigenvalue weighted by molar-refractivity contribution is 0.127. The fraction of sp³-hybridized carbons (Fsp3) is 0.500. The first-order chi connectivity index (χ1) is 13.1. The Labute approximate surface area is 162 Å². The molecule has 0 aromatic carbocycles. The molecule has 0 spiro atoms. The predicted molar refractivity (Wildman–Crippen MR) is 104 cm³/mol. The fourth-order valence-electron chi connectivity index (χ4n) is 2.49. The zero-order chi connectivity index (χ0) is 19.2. The summed E-state index contributed by atoms with van der Waals surface area (Å²) in [4.78, 5) is 21.6. The van der Waals surface area contributed by atoms with E-state index in [2.05, 4.69) is 20.6 Å². The number of methoxy groups -OCH3 is 2. The molecule has 8 nitrogen and oxygen atoms in total. The van der Waals surface area contributed by atoms with Gasteiger partial charge < -0.3 is 19.5 Å². The quantitative estimate of drug-likeness (QED) is 0.637. The van der Waals surface area contributed by atoms with Crippen molar-refractivity contribution in [3.05, 3.63) is 18.0 Å². The first-order valence-electron chi connectivity index (χ1n) is 8.79. The Morgan fingerprint density at radius 1 is 1.33 bits per heavy atom. The second-order valence-electron chi connectivity index (χ2n) is 6.27. The van der Waals surface area contributed by atoms with E-state index in [1.807, 2.05) is 13.0 Å². The molecule has 2 heterocycles. The summed E-state index contributed by atoms with van der Waals surface area (Å²) in [5.41, 5.74) is 1.65. The van der Waals surface area contributed by atoms with Gasteiger partial charge in [-0.3, -0.25) is 5.32 Å². The molecule has 27 heavy (non-hydrogen) atoms. The van der Waals surface area contributed by atoms with E-state index in [9.17, 15) is 4.79 Å². The van der Waals surface area contributed by atoms with Gasteiger partial charge in [0.15, 0.2) is 10.9 Å². The van der Waals surface area contributed by atoms with Crippen LogP contribution in [-0.4, -0.2) is 50.0 Å². The molecule has 0 radical (unpaired) electrons. The van der Waals surface area contributed by atoms with E-state index >= 15 is 0 Å². The smallest absolute Gasteiger partial charge is 0.321 e. The molecule has 0 unspecified atom stereocenters. The molecule has 2 N–H and O–H groups in total. The lowest BCUT2D eigenvalue weighted by Gasteiger charge is -2.07. The molecule has 2 aromatic rings. The third-order valence-electron chi connectivity index (χ3n) is 4.09. The molecule has 9 heteroatoms. The van der Waals surface area contributed by atoms with Crippen LogP contribution in [-0.2, 0) is 4.74 Å². The number of urea groups is 1. The predicted octanol–water partition coefficient (Wildman–Crippen LogP) is 3.08. The largest absolute Gasteiger partial charge is 0.491 e. The summed E-state index contributed by atoms with van der Waals surface area (Å²) >= 11 is 1.38. The van der Waals surface area contributed by atoms with Crippen molar-refractivity contribution in [3.8, 4) is 22.1 Å². The summed E-state index contributed by atoms with van der Waals surface area (Å²) in [6.07, 6.45) is 4.22. The van der Waals surface area contributed by atoms with Crippen LogP contribution in [0, 0.1) is 12.8 Å². The van der Waals surface area contributed by atoms with E-state index in [0.29, 0.717) is 29.9 Å². The summed E-state index contributed by atoms with van der Waals surface area (Å²) < 4.78 is 16.0. The number of amides is 2. The molecule has 1 aliphatic rings. The zero-order valence-corrected chi connectivity index (χ0v) is 16.5. The van der Waals surface area contributed by atoms with Gasteiger partial charge in [-0.25, -0.2) is 14.8 Å². The summed E-state index contributed by atoms with van der Waals surface area (Å²) in [5.74, 6) is 1.69. The van der Waals surface area contributed by atoms with Crippen LogP contribution in [0.4, 0.5) is 9.93 Å². The standard InChI is InChI=1S/C18H24N4O4S/c1-11-15(13-8-14(24-2)16(25-3)20-9-13)27-18(21-11)22-17(23)19-6-7-26-10-12-4-5-12/h8-9,12H,4-7,10H2,1-3H3,(H2,19,21,22,23). The van der Waals surface area contributed by atoms with E-state index in [4.69, 9.17) is 14.2 Å². The molecule has 2 aromatic heterocycles. The monoisotopic (exact) mass is 392 g/mol. The minimum absolute atomic E-state index is 0.296. The van der Waals surface area contributed by atoms with Crippen molar-refractivity contribution >= 4 is 22.5 Å². The first kappa shape index (κ1) is 19.4. The zero-order valence-electron chi connectivity index (χ0n) is 15.7. The average Bonchev–Trinajstić information content (AvgIpc) is 3.42. The number of ether oxygens (including phenoxy) is 3. The molecule has 146 valence electrons. The highest BCUT2D eigenvalue weighted by Crippen LogP contribution is 2.36. The van der Waals surface area contributed by atoms with Crippen LogP contribution < -0.4 is 20.1 Å². The lowest BCUT2D eigenvalue weighted by atomic mass is 10.2. The molecule has 1 aliphatic carbocycles. The van der Waals surface area contributed by atoms with Gasteiger partial charge in [-0.1, -0.05) is 11.3 Å². The first-order valence-corrected chi connectivity index (χ1v) is 9.60. The van der Waals surface area contributed by atoms with Gasteiger partial charge in [0.2, 0.25) is 0 Å². The number of hydrogen-bond acceptors (Lipinski definition) is 7. The number of carbonyl (C=O) groups is 1. The molecule has 1 saturated carbocycles. The highest BCUT2D eigenvalue weighted by Gasteiger charge is 2.21. The Balaban J connectivity index is 1.56. The second kappa shape index (κ2) is 9.01. The van der Waals surface area contributed by atoms with Gasteiger partial charge in [0.1, 0.15) is 0 Å². The third kappa shape index (κ3) is 5.30. The Morgan fingerprint density at radius 3 is 2.85 bits per heavy atom. The van der Waals surface area contributed by atoms with Crippen molar-refractivity contribution < 1.29 is 19.0 Å². The number of hydrogen-bond donors (Lipinski definition) is 2. The normalized spacial score (nSPS) is 13.3. The maximum Gasteiger partial charge on any atom is 0.321 e. The number of anilines is 1. The molecule has 0 bridgehead atoms. The SMILES string of the molecule is COc1cc(-c2sc(NC(=O)NCCOCC3CC3)nc2C)cnc1OC. The number of nitrogens with zero attached hydrogens (tertiary/aromatic N) is 2. The van der Waals surface area contributed by atoms with Crippen LogP contribution in [0.1, 0.15) is 18.5 Å². The Bertz CT molecular complexity index is 792. The van der Waals surface area contributed by atoms with Crippen LogP contribution in [0.15, 0.2) is 12.3 Å². The van der Waals surface area contributed by atoms with Crippen molar-refractivity contribution in [3.63, 3.8) is 0 Å². The van der Waals surface area contributed by atoms with Gasteiger partial charge >= 0.3 is 6.03 Å². The van der Waals surface area contributed by atoms with E-state index in [0.717, 1.165) is 28.7 Å². The van der Waals surface area contributed by atoms with E-state index in [1.165, 1.54) is 24.2 Å². The summed E-state index contributed by atoms with van der Waals surface area (Å²) in [5, 5.41) is 6.05. The average molecular weight is 392 g/mol.